The molecule has 0 saturated carbocycles. The summed E-state index contributed by atoms with van der Waals surface area (Å²) in [5.74, 6) is 0.871. The van der Waals surface area contributed by atoms with Crippen molar-refractivity contribution >= 4 is 23.1 Å². The van der Waals surface area contributed by atoms with Crippen LogP contribution >= 0.6 is 0 Å². The lowest BCUT2D eigenvalue weighted by Crippen LogP contribution is -2.20. The highest BCUT2D eigenvalue weighted by atomic mass is 16.5. The van der Waals surface area contributed by atoms with Crippen LogP contribution in [0, 0.1) is 24.5 Å². The molecule has 0 radical (unpaired) electrons. The van der Waals surface area contributed by atoms with Gasteiger partial charge in [0, 0.05) is 39.6 Å². The topological polar surface area (TPSA) is 68.6 Å². The number of para-hydroxylation sites is 1. The number of benzene rings is 1. The Morgan fingerprint density at radius 2 is 1.97 bits per heavy atom. The van der Waals surface area contributed by atoms with E-state index in [9.17, 15) is 0 Å². The van der Waals surface area contributed by atoms with Crippen molar-refractivity contribution in [1.29, 1.82) is 0 Å². The van der Waals surface area contributed by atoms with E-state index in [2.05, 4.69) is 82.7 Å². The van der Waals surface area contributed by atoms with Crippen LogP contribution in [0.2, 0.25) is 0 Å². The zero-order valence-corrected chi connectivity index (χ0v) is 19.1. The molecule has 4 N–H and O–H groups in total. The first-order chi connectivity index (χ1) is 15.6. The van der Waals surface area contributed by atoms with Crippen LogP contribution in [-0.2, 0) is 0 Å². The Morgan fingerprint density at radius 1 is 1.09 bits per heavy atom. The second-order valence-electron chi connectivity index (χ2n) is 8.78. The van der Waals surface area contributed by atoms with Crippen molar-refractivity contribution in [3.8, 4) is 5.75 Å². The van der Waals surface area contributed by atoms with Gasteiger partial charge in [0.2, 0.25) is 0 Å². The van der Waals surface area contributed by atoms with Gasteiger partial charge in [-0.3, -0.25) is 0 Å². The lowest BCUT2D eigenvalue weighted by atomic mass is 10.1. The van der Waals surface area contributed by atoms with Gasteiger partial charge in [-0.2, -0.15) is 0 Å². The number of ether oxygens (including phenoxy) is 1. The summed E-state index contributed by atoms with van der Waals surface area (Å²) in [5, 5.41) is 9.27. The van der Waals surface area contributed by atoms with Crippen LogP contribution in [0.5, 0.6) is 5.75 Å². The standard InChI is InChI=1S/C27H32N4O/c1-4-32-26-16-25(30-24(26)15-23-17(2)14-18(3)29-23)27-21(12-11-19-8-7-13-28-19)20-9-5-6-10-22(20)31-27/h5-6,9-10,12,14-16,19,28-31H,4,7-8,11,13H2,1-3H3/b21-12?,24-15?,27-25-. The Balaban J connectivity index is 1.76. The number of rotatable bonds is 5. The first-order valence-electron chi connectivity index (χ1n) is 11.7. The summed E-state index contributed by atoms with van der Waals surface area (Å²) in [6.45, 7) is 7.99. The molecule has 1 aliphatic rings. The van der Waals surface area contributed by atoms with Gasteiger partial charge in [0.05, 0.1) is 22.7 Å². The molecular weight excluding hydrogens is 396 g/mol. The third kappa shape index (κ3) is 4.00. The van der Waals surface area contributed by atoms with Crippen LogP contribution in [0.3, 0.4) is 0 Å². The van der Waals surface area contributed by atoms with Crippen LogP contribution in [0.15, 0.2) is 36.4 Å². The normalized spacial score (nSPS) is 18.8. The van der Waals surface area contributed by atoms with Gasteiger partial charge in [-0.05, 0) is 70.4 Å². The molecule has 166 valence electrons. The Bertz CT molecular complexity index is 1450. The van der Waals surface area contributed by atoms with Crippen molar-refractivity contribution in [3.05, 3.63) is 74.6 Å². The molecule has 32 heavy (non-hydrogen) atoms. The second-order valence-corrected chi connectivity index (χ2v) is 8.78. The summed E-state index contributed by atoms with van der Waals surface area (Å²) in [6.07, 6.45) is 8.09. The predicted octanol–water partition coefficient (Wildman–Crippen LogP) is 3.88. The summed E-state index contributed by atoms with van der Waals surface area (Å²) in [5.41, 5.74) is 4.64. The molecule has 3 aromatic heterocycles. The van der Waals surface area contributed by atoms with E-state index < -0.39 is 0 Å². The van der Waals surface area contributed by atoms with E-state index in [0.717, 1.165) is 51.7 Å². The quantitative estimate of drug-likeness (QED) is 0.390. The van der Waals surface area contributed by atoms with E-state index in [4.69, 9.17) is 4.74 Å². The fourth-order valence-corrected chi connectivity index (χ4v) is 4.82. The third-order valence-electron chi connectivity index (χ3n) is 6.37. The number of aryl methyl sites for hydroxylation is 2. The summed E-state index contributed by atoms with van der Waals surface area (Å²) in [6, 6.07) is 13.4. The molecule has 1 saturated heterocycles. The molecule has 1 aromatic carbocycles. The second kappa shape index (κ2) is 8.75. The largest absolute Gasteiger partial charge is 0.492 e. The third-order valence-corrected chi connectivity index (χ3v) is 6.37. The molecule has 5 rings (SSSR count). The molecule has 5 nitrogen and oxygen atoms in total. The molecular formula is C27H32N4O. The lowest BCUT2D eigenvalue weighted by molar-refractivity contribution is 0.338. The molecule has 5 heteroatoms. The van der Waals surface area contributed by atoms with Crippen molar-refractivity contribution in [2.24, 2.45) is 0 Å². The minimum Gasteiger partial charge on any atom is -0.492 e. The maximum atomic E-state index is 6.00. The molecule has 0 amide bonds. The van der Waals surface area contributed by atoms with Gasteiger partial charge in [-0.1, -0.05) is 24.3 Å². The fourth-order valence-electron chi connectivity index (χ4n) is 4.82. The molecule has 0 bridgehead atoms. The molecule has 1 aliphatic heterocycles. The van der Waals surface area contributed by atoms with Crippen molar-refractivity contribution in [2.75, 3.05) is 13.2 Å². The van der Waals surface area contributed by atoms with E-state index in [1.165, 1.54) is 29.0 Å². The number of hydrogen-bond acceptors (Lipinski definition) is 2. The minimum atomic E-state index is 0.571. The van der Waals surface area contributed by atoms with Gasteiger partial charge in [0.1, 0.15) is 5.75 Å². The van der Waals surface area contributed by atoms with Crippen LogP contribution in [0.25, 0.3) is 23.1 Å². The van der Waals surface area contributed by atoms with E-state index in [0.29, 0.717) is 12.6 Å². The van der Waals surface area contributed by atoms with E-state index in [1.54, 1.807) is 0 Å². The summed E-state index contributed by atoms with van der Waals surface area (Å²) < 4.78 is 6.00. The number of aromatic nitrogens is 3. The molecule has 1 fully saturated rings. The van der Waals surface area contributed by atoms with Crippen molar-refractivity contribution in [2.45, 2.75) is 46.1 Å². The predicted molar refractivity (Wildman–Crippen MR) is 131 cm³/mol. The number of hydrogen-bond donors (Lipinski definition) is 4. The van der Waals surface area contributed by atoms with Crippen LogP contribution in [0.4, 0.5) is 0 Å². The first-order valence-corrected chi connectivity index (χ1v) is 11.7. The Morgan fingerprint density at radius 3 is 2.72 bits per heavy atom. The lowest BCUT2D eigenvalue weighted by Gasteiger charge is -2.04. The number of fused-ring (bicyclic) bond motifs is 1. The average Bonchev–Trinajstić information content (AvgIpc) is 3.55. The number of nitrogens with one attached hydrogen (secondary N) is 4. The molecule has 0 aliphatic carbocycles. The van der Waals surface area contributed by atoms with E-state index >= 15 is 0 Å². The Labute approximate surface area is 187 Å². The van der Waals surface area contributed by atoms with E-state index in [1.807, 2.05) is 6.92 Å². The van der Waals surface area contributed by atoms with Gasteiger partial charge >= 0.3 is 0 Å². The fraction of sp³-hybridized carbons (Fsp3) is 0.333. The summed E-state index contributed by atoms with van der Waals surface area (Å²) >= 11 is 0. The van der Waals surface area contributed by atoms with Gasteiger partial charge in [0.15, 0.2) is 0 Å². The summed E-state index contributed by atoms with van der Waals surface area (Å²) in [4.78, 5) is 10.7. The van der Waals surface area contributed by atoms with Crippen LogP contribution < -0.4 is 20.6 Å². The molecule has 1 unspecified atom stereocenters. The van der Waals surface area contributed by atoms with Crippen LogP contribution in [-0.4, -0.2) is 34.1 Å². The van der Waals surface area contributed by atoms with E-state index in [-0.39, 0.29) is 0 Å². The summed E-state index contributed by atoms with van der Waals surface area (Å²) in [7, 11) is 0. The minimum absolute atomic E-state index is 0.571. The van der Waals surface area contributed by atoms with Crippen LogP contribution in [0.1, 0.15) is 43.1 Å². The highest BCUT2D eigenvalue weighted by molar-refractivity contribution is 5.80. The Hall–Kier alpha value is -3.18. The van der Waals surface area contributed by atoms with Gasteiger partial charge in [-0.15, -0.1) is 0 Å². The molecule has 4 heterocycles. The van der Waals surface area contributed by atoms with Gasteiger partial charge in [0.25, 0.3) is 0 Å². The van der Waals surface area contributed by atoms with Crippen molar-refractivity contribution < 1.29 is 4.74 Å². The monoisotopic (exact) mass is 428 g/mol. The Kier molecular flexibility index (Phi) is 5.66. The zero-order valence-electron chi connectivity index (χ0n) is 19.1. The molecule has 0 spiro atoms. The highest BCUT2D eigenvalue weighted by Crippen LogP contribution is 2.14. The molecule has 4 aromatic rings. The van der Waals surface area contributed by atoms with Crippen molar-refractivity contribution in [3.63, 3.8) is 0 Å². The first kappa shape index (κ1) is 20.7. The smallest absolute Gasteiger partial charge is 0.144 e. The SMILES string of the molecule is CCOc1c/c(=c2/[nH]c3ccccc3c2=CCC2CCCN2)[nH]c1=Cc1[nH]c(C)cc1C. The number of H-pyrrole nitrogens is 3. The maximum Gasteiger partial charge on any atom is 0.144 e. The zero-order chi connectivity index (χ0) is 22.1. The van der Waals surface area contributed by atoms with Crippen molar-refractivity contribution in [1.82, 2.24) is 20.3 Å². The van der Waals surface area contributed by atoms with Gasteiger partial charge in [-0.25, -0.2) is 0 Å². The average molecular weight is 429 g/mol. The number of aromatic amines is 3. The molecule has 1 atom stereocenters. The van der Waals surface area contributed by atoms with Gasteiger partial charge < -0.3 is 25.0 Å². The highest BCUT2D eigenvalue weighted by Gasteiger charge is 2.12. The maximum absolute atomic E-state index is 6.00.